The molecule has 1 aromatic rings. The van der Waals surface area contributed by atoms with E-state index in [1.165, 1.54) is 23.2 Å². The number of aliphatic hydroxyl groups is 1. The van der Waals surface area contributed by atoms with E-state index in [4.69, 9.17) is 4.74 Å². The van der Waals surface area contributed by atoms with Gasteiger partial charge in [0.2, 0.25) is 0 Å². The van der Waals surface area contributed by atoms with Gasteiger partial charge in [0, 0.05) is 31.3 Å². The Morgan fingerprint density at radius 3 is 3.16 bits per heavy atom. The molecule has 2 aliphatic rings. The number of hydrogen-bond acceptors (Lipinski definition) is 3. The number of ether oxygens (including phenoxy) is 1. The van der Waals surface area contributed by atoms with Crippen LogP contribution in [0.25, 0.3) is 0 Å². The number of aliphatic hydroxyl groups excluding tert-OH is 1. The SMILES string of the molecule is Cc1ccc2c(c1)CCCN2CC(O)C1CCOC1. The zero-order chi connectivity index (χ0) is 13.2. The van der Waals surface area contributed by atoms with Gasteiger partial charge in [0.05, 0.1) is 12.7 Å². The Labute approximate surface area is 115 Å². The molecule has 0 amide bonds. The molecule has 0 saturated carbocycles. The Morgan fingerprint density at radius 2 is 2.37 bits per heavy atom. The van der Waals surface area contributed by atoms with Gasteiger partial charge in [0.15, 0.2) is 0 Å². The van der Waals surface area contributed by atoms with Crippen molar-refractivity contribution in [2.45, 2.75) is 32.3 Å². The highest BCUT2D eigenvalue weighted by Crippen LogP contribution is 2.29. The van der Waals surface area contributed by atoms with Gasteiger partial charge in [-0.2, -0.15) is 0 Å². The largest absolute Gasteiger partial charge is 0.391 e. The zero-order valence-electron chi connectivity index (χ0n) is 11.6. The molecule has 2 aliphatic heterocycles. The maximum absolute atomic E-state index is 10.4. The van der Waals surface area contributed by atoms with Crippen molar-refractivity contribution < 1.29 is 9.84 Å². The highest BCUT2D eigenvalue weighted by atomic mass is 16.5. The second kappa shape index (κ2) is 5.51. The van der Waals surface area contributed by atoms with E-state index >= 15 is 0 Å². The van der Waals surface area contributed by atoms with E-state index in [0.29, 0.717) is 5.92 Å². The Balaban J connectivity index is 1.72. The molecule has 0 aromatic heterocycles. The van der Waals surface area contributed by atoms with E-state index in [1.807, 2.05) is 0 Å². The van der Waals surface area contributed by atoms with Crippen LogP contribution in [0.15, 0.2) is 18.2 Å². The van der Waals surface area contributed by atoms with Gasteiger partial charge in [0.25, 0.3) is 0 Å². The minimum absolute atomic E-state index is 0.269. The van der Waals surface area contributed by atoms with Crippen LogP contribution in [0, 0.1) is 12.8 Å². The number of rotatable bonds is 3. The Bertz CT molecular complexity index is 440. The third-order valence-corrected chi connectivity index (χ3v) is 4.37. The second-order valence-corrected chi connectivity index (χ2v) is 5.87. The lowest BCUT2D eigenvalue weighted by atomic mass is 9.97. The fourth-order valence-corrected chi connectivity index (χ4v) is 3.22. The fraction of sp³-hybridized carbons (Fsp3) is 0.625. The van der Waals surface area contributed by atoms with Crippen LogP contribution in [0.2, 0.25) is 0 Å². The number of anilines is 1. The monoisotopic (exact) mass is 261 g/mol. The third-order valence-electron chi connectivity index (χ3n) is 4.37. The predicted molar refractivity (Wildman–Crippen MR) is 76.6 cm³/mol. The van der Waals surface area contributed by atoms with Gasteiger partial charge in [0.1, 0.15) is 0 Å². The molecule has 2 heterocycles. The number of hydrogen-bond donors (Lipinski definition) is 1. The lowest BCUT2D eigenvalue weighted by Crippen LogP contribution is -2.39. The van der Waals surface area contributed by atoms with Gasteiger partial charge in [-0.25, -0.2) is 0 Å². The van der Waals surface area contributed by atoms with Crippen LogP contribution >= 0.6 is 0 Å². The molecule has 2 atom stereocenters. The summed E-state index contributed by atoms with van der Waals surface area (Å²) in [6, 6.07) is 6.66. The van der Waals surface area contributed by atoms with E-state index in [9.17, 15) is 5.11 Å². The first-order chi connectivity index (χ1) is 9.24. The van der Waals surface area contributed by atoms with E-state index in [1.54, 1.807) is 0 Å². The summed E-state index contributed by atoms with van der Waals surface area (Å²) in [4.78, 5) is 2.35. The highest BCUT2D eigenvalue weighted by Gasteiger charge is 2.27. The molecule has 1 aromatic carbocycles. The van der Waals surface area contributed by atoms with Crippen LogP contribution in [0.4, 0.5) is 5.69 Å². The van der Waals surface area contributed by atoms with Crippen molar-refractivity contribution in [3.63, 3.8) is 0 Å². The first-order valence-corrected chi connectivity index (χ1v) is 7.34. The van der Waals surface area contributed by atoms with Crippen molar-refractivity contribution in [1.29, 1.82) is 0 Å². The van der Waals surface area contributed by atoms with Gasteiger partial charge in [-0.3, -0.25) is 0 Å². The summed E-state index contributed by atoms with van der Waals surface area (Å²) < 4.78 is 5.37. The van der Waals surface area contributed by atoms with E-state index < -0.39 is 0 Å². The van der Waals surface area contributed by atoms with E-state index in [0.717, 1.165) is 39.1 Å². The molecular weight excluding hydrogens is 238 g/mol. The molecule has 0 radical (unpaired) electrons. The van der Waals surface area contributed by atoms with Crippen molar-refractivity contribution in [2.24, 2.45) is 5.92 Å². The van der Waals surface area contributed by atoms with Gasteiger partial charge in [-0.1, -0.05) is 17.7 Å². The topological polar surface area (TPSA) is 32.7 Å². The van der Waals surface area contributed by atoms with Gasteiger partial charge >= 0.3 is 0 Å². The highest BCUT2D eigenvalue weighted by molar-refractivity contribution is 5.56. The lowest BCUT2D eigenvalue weighted by Gasteiger charge is -2.34. The smallest absolute Gasteiger partial charge is 0.0765 e. The van der Waals surface area contributed by atoms with Crippen LogP contribution in [0.3, 0.4) is 0 Å². The van der Waals surface area contributed by atoms with Crippen LogP contribution in [-0.2, 0) is 11.2 Å². The molecule has 0 spiro atoms. The summed E-state index contributed by atoms with van der Waals surface area (Å²) in [6.07, 6.45) is 3.07. The Morgan fingerprint density at radius 1 is 1.47 bits per heavy atom. The molecule has 104 valence electrons. The predicted octanol–water partition coefficient (Wildman–Crippen LogP) is 2.15. The second-order valence-electron chi connectivity index (χ2n) is 5.87. The maximum Gasteiger partial charge on any atom is 0.0765 e. The molecule has 1 fully saturated rings. The lowest BCUT2D eigenvalue weighted by molar-refractivity contribution is 0.0958. The molecule has 3 nitrogen and oxygen atoms in total. The summed E-state index contributed by atoms with van der Waals surface area (Å²) in [7, 11) is 0. The van der Waals surface area contributed by atoms with Crippen LogP contribution in [-0.4, -0.2) is 37.5 Å². The number of aryl methyl sites for hydroxylation is 2. The average molecular weight is 261 g/mol. The molecule has 0 aliphatic carbocycles. The van der Waals surface area contributed by atoms with Crippen molar-refractivity contribution >= 4 is 5.69 Å². The van der Waals surface area contributed by atoms with E-state index in [-0.39, 0.29) is 6.10 Å². The summed E-state index contributed by atoms with van der Waals surface area (Å²) in [5.74, 6) is 0.316. The molecule has 2 unspecified atom stereocenters. The Kier molecular flexibility index (Phi) is 3.76. The minimum Gasteiger partial charge on any atom is -0.391 e. The zero-order valence-corrected chi connectivity index (χ0v) is 11.6. The minimum atomic E-state index is -0.269. The fourth-order valence-electron chi connectivity index (χ4n) is 3.22. The van der Waals surface area contributed by atoms with Crippen molar-refractivity contribution in [1.82, 2.24) is 0 Å². The summed E-state index contributed by atoms with van der Waals surface area (Å²) >= 11 is 0. The standard InChI is InChI=1S/C16H23NO2/c1-12-4-5-15-13(9-12)3-2-7-17(15)10-16(18)14-6-8-19-11-14/h4-5,9,14,16,18H,2-3,6-8,10-11H2,1H3. The van der Waals surface area contributed by atoms with Gasteiger partial charge in [-0.15, -0.1) is 0 Å². The van der Waals surface area contributed by atoms with Crippen molar-refractivity contribution in [3.8, 4) is 0 Å². The van der Waals surface area contributed by atoms with Crippen molar-refractivity contribution in [3.05, 3.63) is 29.3 Å². The number of nitrogens with zero attached hydrogens (tertiary/aromatic N) is 1. The molecule has 3 rings (SSSR count). The van der Waals surface area contributed by atoms with Crippen molar-refractivity contribution in [2.75, 3.05) is 31.2 Å². The average Bonchev–Trinajstić information content (AvgIpc) is 2.92. The summed E-state index contributed by atoms with van der Waals surface area (Å²) in [5.41, 5.74) is 4.07. The molecular formula is C16H23NO2. The molecule has 1 N–H and O–H groups in total. The number of fused-ring (bicyclic) bond motifs is 1. The van der Waals surface area contributed by atoms with Crippen LogP contribution in [0.1, 0.15) is 24.0 Å². The van der Waals surface area contributed by atoms with Crippen LogP contribution < -0.4 is 4.90 Å². The van der Waals surface area contributed by atoms with Gasteiger partial charge in [-0.05, 0) is 37.8 Å². The number of benzene rings is 1. The van der Waals surface area contributed by atoms with Gasteiger partial charge < -0.3 is 14.7 Å². The van der Waals surface area contributed by atoms with E-state index in [2.05, 4.69) is 30.0 Å². The Hall–Kier alpha value is -1.06. The van der Waals surface area contributed by atoms with Crippen LogP contribution in [0.5, 0.6) is 0 Å². The number of β-amino-alcohol motifs (C(OH)–C–C–N with tert-alkyl or cyclic N) is 1. The molecule has 19 heavy (non-hydrogen) atoms. The third kappa shape index (κ3) is 2.77. The first kappa shape index (κ1) is 12.9. The summed E-state index contributed by atoms with van der Waals surface area (Å²) in [6.45, 7) is 5.46. The quantitative estimate of drug-likeness (QED) is 0.905. The first-order valence-electron chi connectivity index (χ1n) is 7.34. The molecule has 0 bridgehead atoms. The maximum atomic E-state index is 10.4. The normalized spacial score (nSPS) is 24.3. The molecule has 1 saturated heterocycles. The molecule has 3 heteroatoms. The summed E-state index contributed by atoms with van der Waals surface area (Å²) in [5, 5.41) is 10.4.